The number of non-ortho nitro benzene ring substituents is 1. The minimum Gasteiger partial charge on any atom is -0.348 e. The third-order valence-corrected chi connectivity index (χ3v) is 5.48. The highest BCUT2D eigenvalue weighted by Gasteiger charge is 2.30. The minimum atomic E-state index is -0.468. The molecule has 1 N–H and O–H groups in total. The third kappa shape index (κ3) is 4.05. The lowest BCUT2D eigenvalue weighted by atomic mass is 10.1. The van der Waals surface area contributed by atoms with Gasteiger partial charge in [0.2, 0.25) is 0 Å². The molecule has 1 saturated heterocycles. The molecule has 2 heterocycles. The molecule has 0 spiro atoms. The normalized spacial score (nSPS) is 17.2. The fourth-order valence-corrected chi connectivity index (χ4v) is 4.29. The van der Waals surface area contributed by atoms with Crippen LogP contribution in [0.15, 0.2) is 41.8 Å². The summed E-state index contributed by atoms with van der Waals surface area (Å²) in [7, 11) is 0. The number of amides is 1. The number of rotatable bonds is 6. The van der Waals surface area contributed by atoms with Crippen LogP contribution in [-0.2, 0) is 0 Å². The standard InChI is InChI=1S/C18H21N3O3S/c1-13(17(16-5-4-12-25-16)20-10-2-3-11-20)19-18(22)14-6-8-15(9-7-14)21(23)24/h4-9,12-13,17H,2-3,10-11H2,1H3,(H,19,22). The van der Waals surface area contributed by atoms with E-state index in [0.29, 0.717) is 5.56 Å². The van der Waals surface area contributed by atoms with E-state index in [9.17, 15) is 14.9 Å². The summed E-state index contributed by atoms with van der Waals surface area (Å²) in [6, 6.07) is 9.96. The Balaban J connectivity index is 1.73. The van der Waals surface area contributed by atoms with Gasteiger partial charge in [0, 0.05) is 28.6 Å². The second-order valence-electron chi connectivity index (χ2n) is 6.27. The zero-order valence-electron chi connectivity index (χ0n) is 14.1. The lowest BCUT2D eigenvalue weighted by molar-refractivity contribution is -0.384. The summed E-state index contributed by atoms with van der Waals surface area (Å²) in [6.45, 7) is 4.10. The van der Waals surface area contributed by atoms with E-state index in [2.05, 4.69) is 21.7 Å². The summed E-state index contributed by atoms with van der Waals surface area (Å²) in [5, 5.41) is 15.9. The van der Waals surface area contributed by atoms with E-state index < -0.39 is 4.92 Å². The molecule has 2 atom stereocenters. The van der Waals surface area contributed by atoms with Gasteiger partial charge in [0.05, 0.1) is 11.0 Å². The molecule has 6 nitrogen and oxygen atoms in total. The molecule has 0 aliphatic carbocycles. The number of carbonyl (C=O) groups is 1. The van der Waals surface area contributed by atoms with Crippen LogP contribution in [0.1, 0.15) is 41.0 Å². The quantitative estimate of drug-likeness (QED) is 0.631. The van der Waals surface area contributed by atoms with Gasteiger partial charge in [0.1, 0.15) is 0 Å². The molecule has 132 valence electrons. The number of nitrogens with zero attached hydrogens (tertiary/aromatic N) is 2. The molecule has 1 aliphatic rings. The van der Waals surface area contributed by atoms with Crippen LogP contribution in [0.2, 0.25) is 0 Å². The van der Waals surface area contributed by atoms with E-state index in [1.807, 2.05) is 13.0 Å². The molecule has 2 aromatic rings. The maximum atomic E-state index is 12.5. The number of nitrogens with one attached hydrogen (secondary N) is 1. The second kappa shape index (κ2) is 7.76. The SMILES string of the molecule is CC(NC(=O)c1ccc([N+](=O)[O-])cc1)C(c1cccs1)N1CCCC1. The lowest BCUT2D eigenvalue weighted by Gasteiger charge is -2.32. The van der Waals surface area contributed by atoms with Crippen molar-refractivity contribution in [2.45, 2.75) is 31.8 Å². The van der Waals surface area contributed by atoms with Crippen LogP contribution >= 0.6 is 11.3 Å². The second-order valence-corrected chi connectivity index (χ2v) is 7.25. The molecule has 0 bridgehead atoms. The average Bonchev–Trinajstić information content (AvgIpc) is 3.29. The monoisotopic (exact) mass is 359 g/mol. The van der Waals surface area contributed by atoms with Crippen LogP contribution in [-0.4, -0.2) is 34.9 Å². The van der Waals surface area contributed by atoms with Gasteiger partial charge in [0.15, 0.2) is 0 Å². The third-order valence-electron chi connectivity index (χ3n) is 4.54. The van der Waals surface area contributed by atoms with E-state index in [-0.39, 0.29) is 23.7 Å². The highest BCUT2D eigenvalue weighted by Crippen LogP contribution is 2.31. The number of nitro groups is 1. The molecule has 1 aromatic heterocycles. The summed E-state index contributed by atoms with van der Waals surface area (Å²) in [4.78, 5) is 26.5. The van der Waals surface area contributed by atoms with Crippen molar-refractivity contribution in [1.82, 2.24) is 10.2 Å². The van der Waals surface area contributed by atoms with E-state index >= 15 is 0 Å². The Hall–Kier alpha value is -2.25. The Labute approximate surface area is 150 Å². The Bertz CT molecular complexity index is 725. The minimum absolute atomic E-state index is 0.0156. The van der Waals surface area contributed by atoms with Crippen LogP contribution in [0.4, 0.5) is 5.69 Å². The first-order chi connectivity index (χ1) is 12.1. The van der Waals surface area contributed by atoms with E-state index in [4.69, 9.17) is 0 Å². The van der Waals surface area contributed by atoms with Crippen molar-refractivity contribution in [2.24, 2.45) is 0 Å². The van der Waals surface area contributed by atoms with Gasteiger partial charge in [-0.25, -0.2) is 0 Å². The number of hydrogen-bond acceptors (Lipinski definition) is 5. The maximum Gasteiger partial charge on any atom is 0.269 e. The lowest BCUT2D eigenvalue weighted by Crippen LogP contribution is -2.43. The largest absolute Gasteiger partial charge is 0.348 e. The van der Waals surface area contributed by atoms with Crippen LogP contribution < -0.4 is 5.32 Å². The van der Waals surface area contributed by atoms with E-state index in [1.54, 1.807) is 11.3 Å². The highest BCUT2D eigenvalue weighted by molar-refractivity contribution is 7.10. The molecule has 0 saturated carbocycles. The summed E-state index contributed by atoms with van der Waals surface area (Å²) in [5.74, 6) is -0.205. The molecular formula is C18H21N3O3S. The number of benzene rings is 1. The molecule has 2 unspecified atom stereocenters. The van der Waals surface area contributed by atoms with Crippen LogP contribution in [0, 0.1) is 10.1 Å². The number of likely N-dealkylation sites (tertiary alicyclic amines) is 1. The number of thiophene rings is 1. The fraction of sp³-hybridized carbons (Fsp3) is 0.389. The van der Waals surface area contributed by atoms with Crippen molar-refractivity contribution in [2.75, 3.05) is 13.1 Å². The van der Waals surface area contributed by atoms with Gasteiger partial charge in [-0.3, -0.25) is 19.8 Å². The first-order valence-electron chi connectivity index (χ1n) is 8.39. The van der Waals surface area contributed by atoms with Crippen molar-refractivity contribution in [3.8, 4) is 0 Å². The van der Waals surface area contributed by atoms with Gasteiger partial charge in [0.25, 0.3) is 11.6 Å². The molecule has 1 aromatic carbocycles. The average molecular weight is 359 g/mol. The van der Waals surface area contributed by atoms with Gasteiger partial charge >= 0.3 is 0 Å². The van der Waals surface area contributed by atoms with Crippen LogP contribution in [0.5, 0.6) is 0 Å². The molecule has 1 aliphatic heterocycles. The van der Waals surface area contributed by atoms with Crippen molar-refractivity contribution < 1.29 is 9.72 Å². The molecule has 1 fully saturated rings. The zero-order chi connectivity index (χ0) is 17.8. The zero-order valence-corrected chi connectivity index (χ0v) is 14.9. The Morgan fingerprint density at radius 3 is 2.48 bits per heavy atom. The Morgan fingerprint density at radius 2 is 1.92 bits per heavy atom. The van der Waals surface area contributed by atoms with Gasteiger partial charge in [-0.15, -0.1) is 11.3 Å². The molecule has 1 amide bonds. The summed E-state index contributed by atoms with van der Waals surface area (Å²) in [6.07, 6.45) is 2.37. The molecule has 0 radical (unpaired) electrons. The fourth-order valence-electron chi connectivity index (χ4n) is 3.33. The van der Waals surface area contributed by atoms with Crippen molar-refractivity contribution in [1.29, 1.82) is 0 Å². The summed E-state index contributed by atoms with van der Waals surface area (Å²) >= 11 is 1.71. The number of carbonyl (C=O) groups excluding carboxylic acids is 1. The maximum absolute atomic E-state index is 12.5. The number of nitro benzene ring substituents is 1. The van der Waals surface area contributed by atoms with E-state index in [1.165, 1.54) is 42.0 Å². The smallest absolute Gasteiger partial charge is 0.269 e. The Morgan fingerprint density at radius 1 is 1.24 bits per heavy atom. The van der Waals surface area contributed by atoms with Crippen molar-refractivity contribution >= 4 is 22.9 Å². The predicted octanol–water partition coefficient (Wildman–Crippen LogP) is 3.61. The molecule has 7 heteroatoms. The molecule has 3 rings (SSSR count). The summed E-state index contributed by atoms with van der Waals surface area (Å²) < 4.78 is 0. The number of hydrogen-bond donors (Lipinski definition) is 1. The van der Waals surface area contributed by atoms with Crippen LogP contribution in [0.25, 0.3) is 0 Å². The Kier molecular flexibility index (Phi) is 5.45. The first kappa shape index (κ1) is 17.6. The highest BCUT2D eigenvalue weighted by atomic mass is 32.1. The topological polar surface area (TPSA) is 75.5 Å². The van der Waals surface area contributed by atoms with Gasteiger partial charge in [-0.05, 0) is 56.4 Å². The van der Waals surface area contributed by atoms with Crippen LogP contribution in [0.3, 0.4) is 0 Å². The van der Waals surface area contributed by atoms with E-state index in [0.717, 1.165) is 13.1 Å². The van der Waals surface area contributed by atoms with Crippen molar-refractivity contribution in [3.05, 3.63) is 62.3 Å². The van der Waals surface area contributed by atoms with Crippen molar-refractivity contribution in [3.63, 3.8) is 0 Å². The summed E-state index contributed by atoms with van der Waals surface area (Å²) in [5.41, 5.74) is 0.418. The first-order valence-corrected chi connectivity index (χ1v) is 9.27. The molecule has 25 heavy (non-hydrogen) atoms. The predicted molar refractivity (Wildman–Crippen MR) is 97.9 cm³/mol. The van der Waals surface area contributed by atoms with Gasteiger partial charge in [-0.1, -0.05) is 6.07 Å². The van der Waals surface area contributed by atoms with Gasteiger partial charge < -0.3 is 5.32 Å². The van der Waals surface area contributed by atoms with Gasteiger partial charge in [-0.2, -0.15) is 0 Å². The molecular weight excluding hydrogens is 338 g/mol.